The molecule has 4 nitrogen and oxygen atoms in total. The van der Waals surface area contributed by atoms with E-state index in [0.717, 1.165) is 21.8 Å². The van der Waals surface area contributed by atoms with Crippen molar-refractivity contribution in [2.45, 2.75) is 6.42 Å². The fraction of sp³-hybridized carbons (Fsp3) is 0.111. The van der Waals surface area contributed by atoms with Crippen molar-refractivity contribution in [1.82, 2.24) is 4.98 Å². The van der Waals surface area contributed by atoms with Crippen molar-refractivity contribution in [3.63, 3.8) is 0 Å². The van der Waals surface area contributed by atoms with Crippen LogP contribution in [0.2, 0.25) is 0 Å². The lowest BCUT2D eigenvalue weighted by Gasteiger charge is -2.05. The maximum absolute atomic E-state index is 10.5. The normalized spacial score (nSPS) is 11.1. The number of benzene rings is 2. The van der Waals surface area contributed by atoms with Gasteiger partial charge < -0.3 is 10.4 Å². The second-order valence-corrected chi connectivity index (χ2v) is 6.11. The van der Waals surface area contributed by atoms with Gasteiger partial charge in [0.25, 0.3) is 0 Å². The molecule has 0 amide bonds. The van der Waals surface area contributed by atoms with Crippen molar-refractivity contribution in [3.8, 4) is 0 Å². The van der Waals surface area contributed by atoms with E-state index >= 15 is 0 Å². The van der Waals surface area contributed by atoms with Gasteiger partial charge in [-0.2, -0.15) is 0 Å². The van der Waals surface area contributed by atoms with Crippen LogP contribution in [0, 0.1) is 0 Å². The van der Waals surface area contributed by atoms with Crippen LogP contribution in [0.3, 0.4) is 0 Å². The first-order chi connectivity index (χ1) is 11.2. The molecule has 0 fully saturated rings. The maximum atomic E-state index is 10.5. The lowest BCUT2D eigenvalue weighted by Crippen LogP contribution is -2.07. The van der Waals surface area contributed by atoms with Crippen LogP contribution in [0.4, 0.5) is 5.69 Å². The van der Waals surface area contributed by atoms with Crippen LogP contribution in [-0.2, 0) is 4.79 Å². The summed E-state index contributed by atoms with van der Waals surface area (Å²) in [6.45, 7) is 0.417. The molecule has 0 aliphatic rings. The highest BCUT2D eigenvalue weighted by Gasteiger charge is 2.00. The molecule has 0 aliphatic carbocycles. The van der Waals surface area contributed by atoms with E-state index in [1.54, 1.807) is 11.3 Å². The zero-order valence-corrected chi connectivity index (χ0v) is 13.2. The zero-order valence-electron chi connectivity index (χ0n) is 12.4. The van der Waals surface area contributed by atoms with E-state index in [-0.39, 0.29) is 6.42 Å². The Morgan fingerprint density at radius 1 is 1.17 bits per heavy atom. The number of carboxylic acids is 1. The predicted molar refractivity (Wildman–Crippen MR) is 95.7 cm³/mol. The molecule has 1 heterocycles. The van der Waals surface area contributed by atoms with E-state index in [1.165, 1.54) is 4.70 Å². The van der Waals surface area contributed by atoms with Crippen LogP contribution in [0.25, 0.3) is 22.4 Å². The fourth-order valence-corrected chi connectivity index (χ4v) is 3.07. The van der Waals surface area contributed by atoms with Gasteiger partial charge in [-0.15, -0.1) is 11.3 Å². The van der Waals surface area contributed by atoms with Crippen molar-refractivity contribution in [1.29, 1.82) is 0 Å². The van der Waals surface area contributed by atoms with Gasteiger partial charge in [0.05, 0.1) is 16.6 Å². The van der Waals surface area contributed by atoms with Crippen molar-refractivity contribution in [3.05, 3.63) is 59.1 Å². The molecule has 0 spiro atoms. The number of hydrogen-bond donors (Lipinski definition) is 2. The third-order valence-corrected chi connectivity index (χ3v) is 4.29. The lowest BCUT2D eigenvalue weighted by molar-refractivity contribution is -0.136. The molecule has 0 saturated carbocycles. The highest BCUT2D eigenvalue weighted by Crippen LogP contribution is 2.23. The molecule has 0 atom stereocenters. The van der Waals surface area contributed by atoms with Crippen LogP contribution in [0.15, 0.2) is 48.5 Å². The lowest BCUT2D eigenvalue weighted by atomic mass is 10.2. The first-order valence-electron chi connectivity index (χ1n) is 7.30. The van der Waals surface area contributed by atoms with Gasteiger partial charge in [-0.25, -0.2) is 4.98 Å². The van der Waals surface area contributed by atoms with Crippen LogP contribution in [0.1, 0.15) is 17.0 Å². The van der Waals surface area contributed by atoms with E-state index in [4.69, 9.17) is 5.11 Å². The van der Waals surface area contributed by atoms with Crippen LogP contribution in [0.5, 0.6) is 0 Å². The summed E-state index contributed by atoms with van der Waals surface area (Å²) in [7, 11) is 0. The molecular formula is C18H16N2O2S. The fourth-order valence-electron chi connectivity index (χ4n) is 2.19. The second kappa shape index (κ2) is 7.07. The summed E-state index contributed by atoms with van der Waals surface area (Å²) < 4.78 is 1.18. The van der Waals surface area contributed by atoms with Gasteiger partial charge in [0.2, 0.25) is 0 Å². The summed E-state index contributed by atoms with van der Waals surface area (Å²) in [5.41, 5.74) is 2.98. The predicted octanol–water partition coefficient (Wildman–Crippen LogP) is 4.35. The first-order valence-corrected chi connectivity index (χ1v) is 8.12. The van der Waals surface area contributed by atoms with E-state index in [0.29, 0.717) is 6.54 Å². The standard InChI is InChI=1S/C18H16N2O2S/c21-18(22)10-11-19-14-5-3-4-13(12-14)8-9-17-20-15-6-1-2-7-16(15)23-17/h1-9,12,19H,10-11H2,(H,21,22)/b9-8+. The Morgan fingerprint density at radius 2 is 2.04 bits per heavy atom. The molecule has 23 heavy (non-hydrogen) atoms. The highest BCUT2D eigenvalue weighted by atomic mass is 32.1. The van der Waals surface area contributed by atoms with E-state index < -0.39 is 5.97 Å². The monoisotopic (exact) mass is 324 g/mol. The number of fused-ring (bicyclic) bond motifs is 1. The number of para-hydroxylation sites is 1. The maximum Gasteiger partial charge on any atom is 0.305 e. The van der Waals surface area contributed by atoms with Crippen molar-refractivity contribution >= 4 is 45.4 Å². The Labute approximate surface area is 138 Å². The molecular weight excluding hydrogens is 308 g/mol. The van der Waals surface area contributed by atoms with E-state index in [2.05, 4.69) is 16.4 Å². The number of nitrogens with zero attached hydrogens (tertiary/aromatic N) is 1. The van der Waals surface area contributed by atoms with Gasteiger partial charge in [-0.05, 0) is 35.9 Å². The molecule has 0 radical (unpaired) electrons. The van der Waals surface area contributed by atoms with Crippen LogP contribution >= 0.6 is 11.3 Å². The van der Waals surface area contributed by atoms with Gasteiger partial charge in [0.15, 0.2) is 0 Å². The van der Waals surface area contributed by atoms with Gasteiger partial charge in [0.1, 0.15) is 5.01 Å². The molecule has 2 N–H and O–H groups in total. The molecule has 5 heteroatoms. The quantitative estimate of drug-likeness (QED) is 0.707. The van der Waals surface area contributed by atoms with E-state index in [1.807, 2.05) is 54.6 Å². The van der Waals surface area contributed by atoms with Gasteiger partial charge in [-0.3, -0.25) is 4.79 Å². The van der Waals surface area contributed by atoms with Crippen molar-refractivity contribution in [2.75, 3.05) is 11.9 Å². The molecule has 3 rings (SSSR count). The molecule has 1 aromatic heterocycles. The number of aliphatic carboxylic acids is 1. The smallest absolute Gasteiger partial charge is 0.305 e. The average molecular weight is 324 g/mol. The summed E-state index contributed by atoms with van der Waals surface area (Å²) in [4.78, 5) is 15.1. The SMILES string of the molecule is O=C(O)CCNc1cccc(/C=C/c2nc3ccccc3s2)c1. The minimum Gasteiger partial charge on any atom is -0.481 e. The molecule has 3 aromatic rings. The highest BCUT2D eigenvalue weighted by molar-refractivity contribution is 7.19. The van der Waals surface area contributed by atoms with Crippen LogP contribution < -0.4 is 5.32 Å². The number of anilines is 1. The number of thiazole rings is 1. The number of carbonyl (C=O) groups is 1. The molecule has 2 aromatic carbocycles. The Kier molecular flexibility index (Phi) is 4.68. The molecule has 0 unspecified atom stereocenters. The number of hydrogen-bond acceptors (Lipinski definition) is 4. The van der Waals surface area contributed by atoms with Gasteiger partial charge in [0, 0.05) is 12.2 Å². The van der Waals surface area contributed by atoms with Crippen molar-refractivity contribution < 1.29 is 9.90 Å². The molecule has 0 bridgehead atoms. The Balaban J connectivity index is 1.70. The van der Waals surface area contributed by atoms with Crippen molar-refractivity contribution in [2.24, 2.45) is 0 Å². The molecule has 116 valence electrons. The zero-order chi connectivity index (χ0) is 16.1. The number of aromatic nitrogens is 1. The first kappa shape index (κ1) is 15.2. The third-order valence-electron chi connectivity index (χ3n) is 3.28. The summed E-state index contributed by atoms with van der Waals surface area (Å²) >= 11 is 1.66. The molecule has 0 aliphatic heterocycles. The Bertz CT molecular complexity index is 822. The second-order valence-electron chi connectivity index (χ2n) is 5.05. The van der Waals surface area contributed by atoms with Gasteiger partial charge >= 0.3 is 5.97 Å². The Morgan fingerprint density at radius 3 is 2.87 bits per heavy atom. The largest absolute Gasteiger partial charge is 0.481 e. The minimum absolute atomic E-state index is 0.103. The van der Waals surface area contributed by atoms with E-state index in [9.17, 15) is 4.79 Å². The number of rotatable bonds is 6. The summed E-state index contributed by atoms with van der Waals surface area (Å²) in [6.07, 6.45) is 4.12. The summed E-state index contributed by atoms with van der Waals surface area (Å²) in [5, 5.41) is 12.7. The third kappa shape index (κ3) is 4.17. The topological polar surface area (TPSA) is 62.2 Å². The molecule has 0 saturated heterocycles. The van der Waals surface area contributed by atoms with Gasteiger partial charge in [-0.1, -0.05) is 30.3 Å². The van der Waals surface area contributed by atoms with Crippen LogP contribution in [-0.4, -0.2) is 22.6 Å². The minimum atomic E-state index is -0.801. The average Bonchev–Trinajstić information content (AvgIpc) is 2.96. The summed E-state index contributed by atoms with van der Waals surface area (Å²) in [5.74, 6) is -0.801. The Hall–Kier alpha value is -2.66. The number of nitrogens with one attached hydrogen (secondary N) is 1. The number of carboxylic acid groups (broad SMARTS) is 1. The summed E-state index contributed by atoms with van der Waals surface area (Å²) in [6, 6.07) is 15.9.